The first kappa shape index (κ1) is 22.0. The summed E-state index contributed by atoms with van der Waals surface area (Å²) in [6.45, 7) is 1.39. The molecule has 1 aliphatic heterocycles. The van der Waals surface area contributed by atoms with Gasteiger partial charge in [0.2, 0.25) is 5.82 Å². The molecule has 3 heterocycles. The molecule has 6 rings (SSSR count). The molecule has 0 bridgehead atoms. The Bertz CT molecular complexity index is 1450. The summed E-state index contributed by atoms with van der Waals surface area (Å²) >= 11 is 0. The predicted molar refractivity (Wildman–Crippen MR) is 130 cm³/mol. The minimum atomic E-state index is -0.126. The first-order chi connectivity index (χ1) is 17.8. The Morgan fingerprint density at radius 2 is 1.72 bits per heavy atom. The number of fused-ring (bicyclic) bond motifs is 1. The van der Waals surface area contributed by atoms with Crippen molar-refractivity contribution in [3.63, 3.8) is 0 Å². The van der Waals surface area contributed by atoms with Gasteiger partial charge in [-0.05, 0) is 47.5 Å². The van der Waals surface area contributed by atoms with E-state index in [2.05, 4.69) is 20.5 Å². The highest BCUT2D eigenvalue weighted by Gasteiger charge is 2.28. The molecule has 9 nitrogen and oxygen atoms in total. The molecule has 1 aliphatic rings. The lowest BCUT2D eigenvalue weighted by Crippen LogP contribution is -2.22. The Kier molecular flexibility index (Phi) is 5.88. The fraction of sp³-hybridized carbons (Fsp3) is 0.185. The van der Waals surface area contributed by atoms with Crippen LogP contribution >= 0.6 is 0 Å². The second kappa shape index (κ2) is 9.63. The highest BCUT2D eigenvalue weighted by molar-refractivity contribution is 5.59. The largest absolute Gasteiger partial charge is 0.497 e. The first-order valence-corrected chi connectivity index (χ1v) is 11.6. The third kappa shape index (κ3) is 4.44. The average Bonchev–Trinajstić information content (AvgIpc) is 3.60. The predicted octanol–water partition coefficient (Wildman–Crippen LogP) is 4.85. The molecule has 0 saturated heterocycles. The van der Waals surface area contributed by atoms with Crippen LogP contribution in [0, 0.1) is 0 Å². The van der Waals surface area contributed by atoms with Crippen LogP contribution in [0.3, 0.4) is 0 Å². The summed E-state index contributed by atoms with van der Waals surface area (Å²) in [5.41, 5.74) is 4.31. The Balaban J connectivity index is 1.14. The van der Waals surface area contributed by atoms with Crippen LogP contribution in [-0.2, 0) is 24.5 Å². The number of methoxy groups -OCH3 is 1. The average molecular weight is 482 g/mol. The SMILES string of the molecule is COc1ccc(C2Cn3nnc(-c4nc(-c5ccc(OCc6ccccc6)cc5)no4)c3CO2)cc1. The van der Waals surface area contributed by atoms with Gasteiger partial charge in [0, 0.05) is 5.56 Å². The van der Waals surface area contributed by atoms with E-state index in [1.54, 1.807) is 7.11 Å². The molecule has 0 spiro atoms. The van der Waals surface area contributed by atoms with E-state index in [-0.39, 0.29) is 6.10 Å². The zero-order valence-electron chi connectivity index (χ0n) is 19.6. The number of aromatic nitrogens is 5. The van der Waals surface area contributed by atoms with Gasteiger partial charge in [0.1, 0.15) is 24.2 Å². The van der Waals surface area contributed by atoms with E-state index in [1.807, 2.05) is 83.5 Å². The fourth-order valence-electron chi connectivity index (χ4n) is 4.08. The molecule has 2 aromatic heterocycles. The Morgan fingerprint density at radius 1 is 0.944 bits per heavy atom. The molecule has 0 amide bonds. The quantitative estimate of drug-likeness (QED) is 0.325. The van der Waals surface area contributed by atoms with Crippen molar-refractivity contribution in [3.8, 4) is 34.5 Å². The highest BCUT2D eigenvalue weighted by Crippen LogP contribution is 2.31. The Hall–Kier alpha value is -4.50. The summed E-state index contributed by atoms with van der Waals surface area (Å²) in [4.78, 5) is 4.55. The molecule has 180 valence electrons. The Morgan fingerprint density at radius 3 is 2.50 bits per heavy atom. The van der Waals surface area contributed by atoms with Gasteiger partial charge in [0.05, 0.1) is 26.0 Å². The number of rotatable bonds is 7. The fourth-order valence-corrected chi connectivity index (χ4v) is 4.08. The van der Waals surface area contributed by atoms with E-state index in [4.69, 9.17) is 18.7 Å². The number of ether oxygens (including phenoxy) is 3. The van der Waals surface area contributed by atoms with Crippen molar-refractivity contribution < 1.29 is 18.7 Å². The smallest absolute Gasteiger partial charge is 0.280 e. The molecule has 0 radical (unpaired) electrons. The topological polar surface area (TPSA) is 97.3 Å². The highest BCUT2D eigenvalue weighted by atomic mass is 16.5. The van der Waals surface area contributed by atoms with E-state index in [1.165, 1.54) is 0 Å². The zero-order valence-corrected chi connectivity index (χ0v) is 19.6. The second-order valence-electron chi connectivity index (χ2n) is 8.36. The van der Waals surface area contributed by atoms with E-state index in [0.29, 0.717) is 37.2 Å². The van der Waals surface area contributed by atoms with Gasteiger partial charge in [-0.3, -0.25) is 0 Å². The van der Waals surface area contributed by atoms with Crippen LogP contribution in [0.25, 0.3) is 23.0 Å². The van der Waals surface area contributed by atoms with Crippen LogP contribution in [0.4, 0.5) is 0 Å². The van der Waals surface area contributed by atoms with Crippen molar-refractivity contribution >= 4 is 0 Å². The normalized spacial score (nSPS) is 14.9. The number of nitrogens with zero attached hydrogens (tertiary/aromatic N) is 5. The molecule has 1 atom stereocenters. The van der Waals surface area contributed by atoms with Crippen LogP contribution in [0.5, 0.6) is 11.5 Å². The van der Waals surface area contributed by atoms with Crippen LogP contribution < -0.4 is 9.47 Å². The molecule has 36 heavy (non-hydrogen) atoms. The first-order valence-electron chi connectivity index (χ1n) is 11.6. The van der Waals surface area contributed by atoms with E-state index in [9.17, 15) is 0 Å². The van der Waals surface area contributed by atoms with Gasteiger partial charge >= 0.3 is 0 Å². The summed E-state index contributed by atoms with van der Waals surface area (Å²) in [5.74, 6) is 2.35. The van der Waals surface area contributed by atoms with Gasteiger partial charge in [-0.15, -0.1) is 5.10 Å². The lowest BCUT2D eigenvalue weighted by molar-refractivity contribution is -0.00119. The molecule has 3 aromatic carbocycles. The molecule has 0 N–H and O–H groups in total. The van der Waals surface area contributed by atoms with Crippen molar-refractivity contribution in [2.45, 2.75) is 25.9 Å². The summed E-state index contributed by atoms with van der Waals surface area (Å²) < 4.78 is 24.5. The molecule has 0 saturated carbocycles. The maximum Gasteiger partial charge on any atom is 0.280 e. The lowest BCUT2D eigenvalue weighted by atomic mass is 10.1. The van der Waals surface area contributed by atoms with E-state index in [0.717, 1.165) is 33.9 Å². The molecular formula is C27H23N5O4. The Labute approximate surface area is 207 Å². The summed E-state index contributed by atoms with van der Waals surface area (Å²) in [7, 11) is 1.65. The van der Waals surface area contributed by atoms with Gasteiger partial charge in [-0.1, -0.05) is 52.8 Å². The van der Waals surface area contributed by atoms with Crippen LogP contribution in [-0.4, -0.2) is 32.2 Å². The maximum absolute atomic E-state index is 6.10. The van der Waals surface area contributed by atoms with Crippen LogP contribution in [0.1, 0.15) is 22.9 Å². The molecule has 0 fully saturated rings. The van der Waals surface area contributed by atoms with Crippen molar-refractivity contribution in [2.24, 2.45) is 0 Å². The molecule has 1 unspecified atom stereocenters. The van der Waals surface area contributed by atoms with Gasteiger partial charge in [0.25, 0.3) is 5.89 Å². The standard InChI is InChI=1S/C27H23N5O4/c1-33-21-11-7-19(8-12-21)24-15-32-23(17-35-24)25(29-31-32)27-28-26(30-36-27)20-9-13-22(14-10-20)34-16-18-5-3-2-4-6-18/h2-14,24H,15-17H2,1H3. The molecular weight excluding hydrogens is 458 g/mol. The monoisotopic (exact) mass is 481 g/mol. The number of hydrogen-bond acceptors (Lipinski definition) is 8. The van der Waals surface area contributed by atoms with Gasteiger partial charge in [-0.25, -0.2) is 4.68 Å². The summed E-state index contributed by atoms with van der Waals surface area (Å²) in [5, 5.41) is 12.7. The third-order valence-electron chi connectivity index (χ3n) is 6.07. The third-order valence-corrected chi connectivity index (χ3v) is 6.07. The summed E-state index contributed by atoms with van der Waals surface area (Å²) in [6.07, 6.45) is -0.126. The zero-order chi connectivity index (χ0) is 24.3. The van der Waals surface area contributed by atoms with Crippen molar-refractivity contribution in [1.29, 1.82) is 0 Å². The number of benzene rings is 3. The van der Waals surface area contributed by atoms with Gasteiger partial charge < -0.3 is 18.7 Å². The molecule has 9 heteroatoms. The maximum atomic E-state index is 6.10. The minimum absolute atomic E-state index is 0.126. The molecule has 5 aromatic rings. The number of hydrogen-bond donors (Lipinski definition) is 0. The van der Waals surface area contributed by atoms with E-state index >= 15 is 0 Å². The van der Waals surface area contributed by atoms with Crippen molar-refractivity contribution in [1.82, 2.24) is 25.1 Å². The second-order valence-corrected chi connectivity index (χ2v) is 8.36. The van der Waals surface area contributed by atoms with Crippen molar-refractivity contribution in [2.75, 3.05) is 7.11 Å². The van der Waals surface area contributed by atoms with Crippen LogP contribution in [0.15, 0.2) is 83.4 Å². The van der Waals surface area contributed by atoms with E-state index < -0.39 is 0 Å². The van der Waals surface area contributed by atoms with Crippen LogP contribution in [0.2, 0.25) is 0 Å². The molecule has 0 aliphatic carbocycles. The minimum Gasteiger partial charge on any atom is -0.497 e. The van der Waals surface area contributed by atoms with Gasteiger partial charge in [-0.2, -0.15) is 4.98 Å². The lowest BCUT2D eigenvalue weighted by Gasteiger charge is -2.24. The van der Waals surface area contributed by atoms with Gasteiger partial charge in [0.15, 0.2) is 5.69 Å². The van der Waals surface area contributed by atoms with Crippen molar-refractivity contribution in [3.05, 3.63) is 95.7 Å². The summed E-state index contributed by atoms with van der Waals surface area (Å²) in [6, 6.07) is 25.4.